The number of halogens is 1. The highest BCUT2D eigenvalue weighted by Crippen LogP contribution is 2.18. The zero-order valence-electron chi connectivity index (χ0n) is 10.3. The first-order chi connectivity index (χ1) is 9.06. The molecular formula is C13H13ClN2O2S. The fourth-order valence-corrected chi connectivity index (χ4v) is 2.49. The molecule has 0 unspecified atom stereocenters. The summed E-state index contributed by atoms with van der Waals surface area (Å²) in [4.78, 5) is 14.7. The van der Waals surface area contributed by atoms with Crippen molar-refractivity contribution in [2.24, 2.45) is 0 Å². The van der Waals surface area contributed by atoms with Crippen LogP contribution in [0.4, 0.5) is 0 Å². The van der Waals surface area contributed by atoms with Crippen molar-refractivity contribution in [3.8, 4) is 0 Å². The molecule has 0 bridgehead atoms. The summed E-state index contributed by atoms with van der Waals surface area (Å²) in [5, 5.41) is 14.7. The minimum absolute atomic E-state index is 0.118. The smallest absolute Gasteiger partial charge is 0.365 e. The van der Waals surface area contributed by atoms with E-state index in [0.717, 1.165) is 22.6 Å². The van der Waals surface area contributed by atoms with Crippen molar-refractivity contribution in [3.63, 3.8) is 0 Å². The third-order valence-electron chi connectivity index (χ3n) is 2.67. The third-order valence-corrected chi connectivity index (χ3v) is 3.79. The molecule has 0 aliphatic heterocycles. The molecule has 2 aromatic rings. The Hall–Kier alpha value is -1.43. The Balaban J connectivity index is 1.96. The van der Waals surface area contributed by atoms with Gasteiger partial charge in [-0.25, -0.2) is 9.78 Å². The van der Waals surface area contributed by atoms with Gasteiger partial charge in [-0.2, -0.15) is 0 Å². The van der Waals surface area contributed by atoms with Gasteiger partial charge in [-0.05, 0) is 24.6 Å². The Morgan fingerprint density at radius 3 is 3.00 bits per heavy atom. The van der Waals surface area contributed by atoms with Crippen LogP contribution in [0.1, 0.15) is 34.0 Å². The lowest BCUT2D eigenvalue weighted by molar-refractivity contribution is 0.0696. The lowest BCUT2D eigenvalue weighted by Gasteiger charge is -2.13. The second-order valence-corrected chi connectivity index (χ2v) is 5.40. The summed E-state index contributed by atoms with van der Waals surface area (Å²) in [6.45, 7) is 2.55. The number of nitrogens with one attached hydrogen (secondary N) is 1. The van der Waals surface area contributed by atoms with Gasteiger partial charge in [-0.15, -0.1) is 11.3 Å². The molecule has 0 saturated heterocycles. The standard InChI is InChI=1S/C13H13ClN2O2S/c1-8(9-3-2-4-10(14)5-9)15-6-11-7-19-12(16-11)13(17)18/h2-5,7-8,15H,6H2,1H3,(H,17,18)/t8-/m1/s1. The number of carboxylic acid groups (broad SMARTS) is 1. The second kappa shape index (κ2) is 6.14. The highest BCUT2D eigenvalue weighted by molar-refractivity contribution is 7.11. The molecular weight excluding hydrogens is 284 g/mol. The Morgan fingerprint density at radius 1 is 1.58 bits per heavy atom. The average Bonchev–Trinajstić information content (AvgIpc) is 2.85. The quantitative estimate of drug-likeness (QED) is 0.888. The molecule has 0 amide bonds. The minimum Gasteiger partial charge on any atom is -0.476 e. The molecule has 4 nitrogen and oxygen atoms in total. The van der Waals surface area contributed by atoms with Crippen LogP contribution in [0, 0.1) is 0 Å². The highest BCUT2D eigenvalue weighted by atomic mass is 35.5. The number of nitrogens with zero attached hydrogens (tertiary/aromatic N) is 1. The largest absolute Gasteiger partial charge is 0.476 e. The average molecular weight is 297 g/mol. The third kappa shape index (κ3) is 3.76. The first kappa shape index (κ1) is 14.0. The molecule has 0 fully saturated rings. The molecule has 2 rings (SSSR count). The summed E-state index contributed by atoms with van der Waals surface area (Å²) in [7, 11) is 0. The van der Waals surface area contributed by atoms with Crippen LogP contribution >= 0.6 is 22.9 Å². The lowest BCUT2D eigenvalue weighted by atomic mass is 10.1. The maximum absolute atomic E-state index is 10.7. The Bertz CT molecular complexity index is 586. The summed E-state index contributed by atoms with van der Waals surface area (Å²) >= 11 is 7.08. The fraction of sp³-hybridized carbons (Fsp3) is 0.231. The summed E-state index contributed by atoms with van der Waals surface area (Å²) < 4.78 is 0. The van der Waals surface area contributed by atoms with Crippen LogP contribution in [0.15, 0.2) is 29.6 Å². The molecule has 100 valence electrons. The van der Waals surface area contributed by atoms with E-state index in [2.05, 4.69) is 10.3 Å². The van der Waals surface area contributed by atoms with E-state index in [-0.39, 0.29) is 11.0 Å². The Kier molecular flexibility index (Phi) is 4.52. The first-order valence-corrected chi connectivity index (χ1v) is 6.98. The molecule has 0 aliphatic rings. The summed E-state index contributed by atoms with van der Waals surface area (Å²) in [6, 6.07) is 7.75. The zero-order chi connectivity index (χ0) is 13.8. The Morgan fingerprint density at radius 2 is 2.37 bits per heavy atom. The van der Waals surface area contributed by atoms with Gasteiger partial charge in [-0.3, -0.25) is 0 Å². The van der Waals surface area contributed by atoms with Crippen LogP contribution in [0.25, 0.3) is 0 Å². The number of benzene rings is 1. The van der Waals surface area contributed by atoms with Gasteiger partial charge in [0.1, 0.15) is 0 Å². The molecule has 0 aliphatic carbocycles. The number of aromatic carboxylic acids is 1. The van der Waals surface area contributed by atoms with Crippen LogP contribution in [0.2, 0.25) is 5.02 Å². The number of hydrogen-bond donors (Lipinski definition) is 2. The van der Waals surface area contributed by atoms with E-state index >= 15 is 0 Å². The monoisotopic (exact) mass is 296 g/mol. The van der Waals surface area contributed by atoms with Crippen LogP contribution in [-0.4, -0.2) is 16.1 Å². The van der Waals surface area contributed by atoms with Crippen molar-refractivity contribution in [2.75, 3.05) is 0 Å². The van der Waals surface area contributed by atoms with Crippen LogP contribution in [-0.2, 0) is 6.54 Å². The van der Waals surface area contributed by atoms with E-state index in [1.54, 1.807) is 5.38 Å². The molecule has 0 spiro atoms. The van der Waals surface area contributed by atoms with Gasteiger partial charge < -0.3 is 10.4 Å². The molecule has 0 saturated carbocycles. The van der Waals surface area contributed by atoms with Gasteiger partial charge in [-0.1, -0.05) is 23.7 Å². The molecule has 19 heavy (non-hydrogen) atoms. The maximum atomic E-state index is 10.7. The first-order valence-electron chi connectivity index (χ1n) is 5.73. The van der Waals surface area contributed by atoms with Gasteiger partial charge in [0.05, 0.1) is 5.69 Å². The van der Waals surface area contributed by atoms with Crippen LogP contribution in [0.5, 0.6) is 0 Å². The van der Waals surface area contributed by atoms with Crippen molar-refractivity contribution in [3.05, 3.63) is 50.9 Å². The maximum Gasteiger partial charge on any atom is 0.365 e. The number of aromatic nitrogens is 1. The van der Waals surface area contributed by atoms with Crippen molar-refractivity contribution >= 4 is 28.9 Å². The van der Waals surface area contributed by atoms with E-state index < -0.39 is 5.97 Å². The van der Waals surface area contributed by atoms with E-state index in [1.165, 1.54) is 0 Å². The molecule has 1 aromatic heterocycles. The number of hydrogen-bond acceptors (Lipinski definition) is 4. The van der Waals surface area contributed by atoms with Crippen molar-refractivity contribution in [1.29, 1.82) is 0 Å². The molecule has 1 atom stereocenters. The molecule has 0 radical (unpaired) electrons. The van der Waals surface area contributed by atoms with Crippen molar-refractivity contribution < 1.29 is 9.90 Å². The number of rotatable bonds is 5. The number of carboxylic acids is 1. The van der Waals surface area contributed by atoms with Crippen LogP contribution < -0.4 is 5.32 Å². The van der Waals surface area contributed by atoms with Gasteiger partial charge in [0.2, 0.25) is 5.01 Å². The number of thiazole rings is 1. The molecule has 6 heteroatoms. The predicted octanol–water partition coefficient (Wildman–Crippen LogP) is 3.35. The van der Waals surface area contributed by atoms with Crippen molar-refractivity contribution in [2.45, 2.75) is 19.5 Å². The molecule has 1 heterocycles. The van der Waals surface area contributed by atoms with Gasteiger partial charge in [0.15, 0.2) is 0 Å². The molecule has 1 aromatic carbocycles. The topological polar surface area (TPSA) is 62.2 Å². The normalized spacial score (nSPS) is 12.3. The predicted molar refractivity (Wildman–Crippen MR) is 75.8 cm³/mol. The van der Waals surface area contributed by atoms with Gasteiger partial charge in [0.25, 0.3) is 0 Å². The van der Waals surface area contributed by atoms with E-state index in [0.29, 0.717) is 11.6 Å². The summed E-state index contributed by atoms with van der Waals surface area (Å²) in [5.41, 5.74) is 1.82. The highest BCUT2D eigenvalue weighted by Gasteiger charge is 2.10. The minimum atomic E-state index is -0.987. The SMILES string of the molecule is C[C@@H](NCc1csc(C(=O)O)n1)c1cccc(Cl)c1. The number of carbonyl (C=O) groups is 1. The van der Waals surface area contributed by atoms with E-state index in [9.17, 15) is 4.79 Å². The zero-order valence-corrected chi connectivity index (χ0v) is 11.8. The van der Waals surface area contributed by atoms with Gasteiger partial charge in [0, 0.05) is 23.0 Å². The summed E-state index contributed by atoms with van der Waals surface area (Å²) in [5.74, 6) is -0.987. The lowest BCUT2D eigenvalue weighted by Crippen LogP contribution is -2.18. The van der Waals surface area contributed by atoms with E-state index in [1.807, 2.05) is 31.2 Å². The second-order valence-electron chi connectivity index (χ2n) is 4.11. The van der Waals surface area contributed by atoms with Crippen molar-refractivity contribution in [1.82, 2.24) is 10.3 Å². The van der Waals surface area contributed by atoms with Gasteiger partial charge >= 0.3 is 5.97 Å². The van der Waals surface area contributed by atoms with Crippen LogP contribution in [0.3, 0.4) is 0 Å². The molecule has 2 N–H and O–H groups in total. The summed E-state index contributed by atoms with van der Waals surface area (Å²) in [6.07, 6.45) is 0. The fourth-order valence-electron chi connectivity index (χ4n) is 1.64. The van der Waals surface area contributed by atoms with E-state index in [4.69, 9.17) is 16.7 Å². The Labute approximate surface area is 120 Å².